The van der Waals surface area contributed by atoms with Crippen LogP contribution in [0.1, 0.15) is 25.3 Å². The van der Waals surface area contributed by atoms with E-state index in [1.165, 1.54) is 0 Å². The van der Waals surface area contributed by atoms with Gasteiger partial charge in [0.15, 0.2) is 5.96 Å². The lowest BCUT2D eigenvalue weighted by Crippen LogP contribution is -2.38. The van der Waals surface area contributed by atoms with Crippen LogP contribution in [-0.4, -0.2) is 58.1 Å². The Morgan fingerprint density at radius 2 is 1.88 bits per heavy atom. The van der Waals surface area contributed by atoms with Crippen LogP contribution in [0.25, 0.3) is 0 Å². The molecule has 0 aromatic carbocycles. The number of aliphatic imine (C=N–C) groups is 1. The molecule has 0 radical (unpaired) electrons. The fraction of sp³-hybridized carbons (Fsp3) is 0.647. The highest BCUT2D eigenvalue weighted by molar-refractivity contribution is 14.0. The summed E-state index contributed by atoms with van der Waals surface area (Å²) in [6, 6.07) is 3.80. The fourth-order valence-electron chi connectivity index (χ4n) is 1.85. The largest absolute Gasteiger partial charge is 0.481 e. The Hall–Kier alpha value is -1.13. The number of halogens is 1. The zero-order valence-corrected chi connectivity index (χ0v) is 17.7. The number of nitrogens with zero attached hydrogens (tertiary/aromatic N) is 2. The van der Waals surface area contributed by atoms with Gasteiger partial charge in [0.25, 0.3) is 0 Å². The predicted octanol–water partition coefficient (Wildman–Crippen LogP) is 2.21. The number of unbranched alkanes of at least 4 members (excludes halogenated alkanes) is 1. The van der Waals surface area contributed by atoms with E-state index in [-0.39, 0.29) is 24.0 Å². The number of hydrogen-bond acceptors (Lipinski definition) is 5. The number of guanidine groups is 1. The second-order valence-corrected chi connectivity index (χ2v) is 5.14. The fourth-order valence-corrected chi connectivity index (χ4v) is 1.85. The normalized spacial score (nSPS) is 10.9. The third-order valence-electron chi connectivity index (χ3n) is 3.24. The monoisotopic (exact) mass is 466 g/mol. The van der Waals surface area contributed by atoms with Crippen LogP contribution in [0.15, 0.2) is 23.3 Å². The first-order chi connectivity index (χ1) is 11.8. The van der Waals surface area contributed by atoms with Crippen molar-refractivity contribution < 1.29 is 14.2 Å². The topological polar surface area (TPSA) is 77.0 Å². The van der Waals surface area contributed by atoms with E-state index in [0.29, 0.717) is 38.8 Å². The summed E-state index contributed by atoms with van der Waals surface area (Å²) < 4.78 is 16.0. The summed E-state index contributed by atoms with van der Waals surface area (Å²) >= 11 is 0. The van der Waals surface area contributed by atoms with Gasteiger partial charge in [-0.3, -0.25) is 4.99 Å². The molecule has 0 saturated heterocycles. The van der Waals surface area contributed by atoms with Gasteiger partial charge in [-0.1, -0.05) is 19.4 Å². The summed E-state index contributed by atoms with van der Waals surface area (Å²) in [4.78, 5) is 8.34. The number of nitrogens with one attached hydrogen (secondary N) is 2. The van der Waals surface area contributed by atoms with Crippen molar-refractivity contribution in [1.82, 2.24) is 15.6 Å². The molecule has 25 heavy (non-hydrogen) atoms. The van der Waals surface area contributed by atoms with Gasteiger partial charge < -0.3 is 24.8 Å². The molecule has 0 aliphatic heterocycles. The first-order valence-electron chi connectivity index (χ1n) is 8.39. The second kappa shape index (κ2) is 16.3. The zero-order valence-electron chi connectivity index (χ0n) is 15.4. The molecule has 7 nitrogen and oxygen atoms in total. The van der Waals surface area contributed by atoms with Gasteiger partial charge in [0.05, 0.1) is 26.9 Å². The molecule has 0 bridgehead atoms. The van der Waals surface area contributed by atoms with Crippen LogP contribution in [0.5, 0.6) is 5.88 Å². The van der Waals surface area contributed by atoms with E-state index in [1.54, 1.807) is 20.4 Å². The second-order valence-electron chi connectivity index (χ2n) is 5.14. The van der Waals surface area contributed by atoms with Crippen LogP contribution in [-0.2, 0) is 16.0 Å². The minimum absolute atomic E-state index is 0. The average molecular weight is 466 g/mol. The molecule has 0 saturated carbocycles. The molecule has 0 atom stereocenters. The van der Waals surface area contributed by atoms with Crippen molar-refractivity contribution in [2.45, 2.75) is 26.3 Å². The molecule has 0 amide bonds. The summed E-state index contributed by atoms with van der Waals surface area (Å²) in [5.74, 6) is 1.34. The van der Waals surface area contributed by atoms with Gasteiger partial charge in [0.1, 0.15) is 0 Å². The van der Waals surface area contributed by atoms with Crippen LogP contribution < -0.4 is 15.4 Å². The van der Waals surface area contributed by atoms with E-state index >= 15 is 0 Å². The number of aromatic nitrogens is 1. The van der Waals surface area contributed by atoms with Crippen molar-refractivity contribution in [2.24, 2.45) is 4.99 Å². The van der Waals surface area contributed by atoms with Crippen molar-refractivity contribution in [1.29, 1.82) is 0 Å². The van der Waals surface area contributed by atoms with Gasteiger partial charge >= 0.3 is 0 Å². The highest BCUT2D eigenvalue weighted by atomic mass is 127. The first kappa shape index (κ1) is 23.9. The van der Waals surface area contributed by atoms with E-state index in [2.05, 4.69) is 27.5 Å². The summed E-state index contributed by atoms with van der Waals surface area (Å²) in [7, 11) is 3.34. The van der Waals surface area contributed by atoms with E-state index in [1.807, 2.05) is 12.1 Å². The maximum absolute atomic E-state index is 5.50. The smallest absolute Gasteiger partial charge is 0.212 e. The molecule has 1 aromatic rings. The molecule has 144 valence electrons. The third-order valence-corrected chi connectivity index (χ3v) is 3.24. The van der Waals surface area contributed by atoms with Crippen LogP contribution in [0.4, 0.5) is 0 Å². The molecule has 0 unspecified atom stereocenters. The Bertz CT molecular complexity index is 458. The summed E-state index contributed by atoms with van der Waals surface area (Å²) in [5, 5.41) is 6.43. The Kier molecular flexibility index (Phi) is 15.6. The zero-order chi connectivity index (χ0) is 17.5. The Morgan fingerprint density at radius 1 is 1.12 bits per heavy atom. The lowest BCUT2D eigenvalue weighted by atomic mass is 10.3. The Labute approximate surface area is 168 Å². The third kappa shape index (κ3) is 12.0. The van der Waals surface area contributed by atoms with Crippen LogP contribution in [0.2, 0.25) is 0 Å². The van der Waals surface area contributed by atoms with Crippen LogP contribution in [0.3, 0.4) is 0 Å². The molecular weight excluding hydrogens is 435 g/mol. The lowest BCUT2D eigenvalue weighted by Gasteiger charge is -2.12. The van der Waals surface area contributed by atoms with Gasteiger partial charge in [0, 0.05) is 39.0 Å². The summed E-state index contributed by atoms with van der Waals surface area (Å²) in [6.07, 6.45) is 4.04. The summed E-state index contributed by atoms with van der Waals surface area (Å²) in [5.41, 5.74) is 1.05. The van der Waals surface area contributed by atoms with Crippen molar-refractivity contribution in [3.05, 3.63) is 23.9 Å². The van der Waals surface area contributed by atoms with Crippen molar-refractivity contribution in [2.75, 3.05) is 47.1 Å². The molecule has 0 fully saturated rings. The molecular formula is C17H31IN4O3. The minimum atomic E-state index is 0. The first-order valence-corrected chi connectivity index (χ1v) is 8.39. The van der Waals surface area contributed by atoms with E-state index in [0.717, 1.165) is 31.0 Å². The number of hydrogen-bond donors (Lipinski definition) is 2. The number of methoxy groups -OCH3 is 1. The van der Waals surface area contributed by atoms with E-state index < -0.39 is 0 Å². The lowest BCUT2D eigenvalue weighted by molar-refractivity contribution is 0.0487. The van der Waals surface area contributed by atoms with Crippen molar-refractivity contribution >= 4 is 29.9 Å². The number of rotatable bonds is 12. The molecule has 0 aliphatic rings. The minimum Gasteiger partial charge on any atom is -0.481 e. The van der Waals surface area contributed by atoms with Crippen molar-refractivity contribution in [3.63, 3.8) is 0 Å². The maximum atomic E-state index is 5.50. The molecule has 8 heteroatoms. The van der Waals surface area contributed by atoms with E-state index in [9.17, 15) is 0 Å². The highest BCUT2D eigenvalue weighted by Gasteiger charge is 1.99. The Balaban J connectivity index is 0.00000576. The molecule has 0 spiro atoms. The average Bonchev–Trinajstić information content (AvgIpc) is 2.63. The van der Waals surface area contributed by atoms with Crippen LogP contribution >= 0.6 is 24.0 Å². The SMILES string of the molecule is CCCCOCCOCCNC(=NC)NCc1ccc(OC)nc1.I. The quantitative estimate of drug-likeness (QED) is 0.213. The number of pyridine rings is 1. The molecule has 1 aromatic heterocycles. The molecule has 2 N–H and O–H groups in total. The predicted molar refractivity (Wildman–Crippen MR) is 111 cm³/mol. The highest BCUT2D eigenvalue weighted by Crippen LogP contribution is 2.05. The maximum Gasteiger partial charge on any atom is 0.212 e. The Morgan fingerprint density at radius 3 is 2.48 bits per heavy atom. The van der Waals surface area contributed by atoms with E-state index in [4.69, 9.17) is 14.2 Å². The van der Waals surface area contributed by atoms with Gasteiger partial charge in [-0.05, 0) is 12.0 Å². The molecule has 1 rings (SSSR count). The van der Waals surface area contributed by atoms with Gasteiger partial charge in [-0.2, -0.15) is 0 Å². The summed E-state index contributed by atoms with van der Waals surface area (Å²) in [6.45, 7) is 6.18. The van der Waals surface area contributed by atoms with Gasteiger partial charge in [0.2, 0.25) is 5.88 Å². The van der Waals surface area contributed by atoms with Gasteiger partial charge in [-0.15, -0.1) is 24.0 Å². The molecule has 1 heterocycles. The van der Waals surface area contributed by atoms with Crippen LogP contribution in [0, 0.1) is 0 Å². The van der Waals surface area contributed by atoms with Gasteiger partial charge in [-0.25, -0.2) is 4.98 Å². The number of ether oxygens (including phenoxy) is 3. The standard InChI is InChI=1S/C17H30N4O3.HI/c1-4-5-9-23-11-12-24-10-8-19-17(18-2)21-14-15-6-7-16(22-3)20-13-15;/h6-7,13H,4-5,8-12,14H2,1-3H3,(H2,18,19,21);1H. The molecule has 0 aliphatic carbocycles. The van der Waals surface area contributed by atoms with Crippen molar-refractivity contribution in [3.8, 4) is 5.88 Å².